The van der Waals surface area contributed by atoms with Gasteiger partial charge in [0.15, 0.2) is 0 Å². The van der Waals surface area contributed by atoms with Gasteiger partial charge in [0.25, 0.3) is 5.24 Å². The monoisotopic (exact) mass is 387 g/mol. The maximum absolute atomic E-state index is 11.6. The molecule has 3 rings (SSSR count). The standard InChI is InChI=1S/C19H21N3O4S/c1-22(16-4-3-5-17(20-16)25-2)10-11-26-14-8-6-13(7-9-14)12-15-18(23)21-19(24)27-15/h3-9,15H,10-12H2,1-2H3,(H,21,23,24). The Morgan fingerprint density at radius 1 is 1.19 bits per heavy atom. The van der Waals surface area contributed by atoms with Crippen LogP contribution in [0.2, 0.25) is 0 Å². The molecule has 0 spiro atoms. The van der Waals surface area contributed by atoms with E-state index in [1.54, 1.807) is 13.2 Å². The molecule has 1 fully saturated rings. The van der Waals surface area contributed by atoms with E-state index in [0.717, 1.165) is 28.9 Å². The summed E-state index contributed by atoms with van der Waals surface area (Å²) in [5.74, 6) is 1.92. The molecule has 1 aromatic heterocycles. The number of pyridine rings is 1. The first-order valence-corrected chi connectivity index (χ1v) is 9.38. The topological polar surface area (TPSA) is 80.8 Å². The molecule has 1 unspecified atom stereocenters. The van der Waals surface area contributed by atoms with Gasteiger partial charge in [-0.2, -0.15) is 4.98 Å². The van der Waals surface area contributed by atoms with E-state index in [4.69, 9.17) is 9.47 Å². The highest BCUT2D eigenvalue weighted by atomic mass is 32.2. The van der Waals surface area contributed by atoms with E-state index in [0.29, 0.717) is 25.5 Å². The van der Waals surface area contributed by atoms with E-state index in [-0.39, 0.29) is 16.4 Å². The Balaban J connectivity index is 1.47. The summed E-state index contributed by atoms with van der Waals surface area (Å²) in [6.07, 6.45) is 0.521. The number of aromatic nitrogens is 1. The van der Waals surface area contributed by atoms with Gasteiger partial charge in [0.05, 0.1) is 18.9 Å². The third kappa shape index (κ3) is 5.13. The highest BCUT2D eigenvalue weighted by molar-refractivity contribution is 8.15. The second-order valence-electron chi connectivity index (χ2n) is 6.04. The zero-order valence-electron chi connectivity index (χ0n) is 15.2. The number of imide groups is 1. The van der Waals surface area contributed by atoms with E-state index in [2.05, 4.69) is 10.3 Å². The third-order valence-corrected chi connectivity index (χ3v) is 5.10. The van der Waals surface area contributed by atoms with Crippen LogP contribution >= 0.6 is 11.8 Å². The van der Waals surface area contributed by atoms with Crippen LogP contribution < -0.4 is 19.7 Å². The summed E-state index contributed by atoms with van der Waals surface area (Å²) in [4.78, 5) is 29.2. The van der Waals surface area contributed by atoms with Crippen molar-refractivity contribution in [2.75, 3.05) is 32.2 Å². The fourth-order valence-electron chi connectivity index (χ4n) is 2.61. The van der Waals surface area contributed by atoms with Gasteiger partial charge in [-0.1, -0.05) is 30.0 Å². The van der Waals surface area contributed by atoms with E-state index < -0.39 is 0 Å². The van der Waals surface area contributed by atoms with Crippen LogP contribution in [0.15, 0.2) is 42.5 Å². The molecular weight excluding hydrogens is 366 g/mol. The molecule has 1 N–H and O–H groups in total. The number of carbonyl (C=O) groups is 2. The number of nitrogens with one attached hydrogen (secondary N) is 1. The SMILES string of the molecule is COc1cccc(N(C)CCOc2ccc(CC3SC(=O)NC3=O)cc2)n1. The Morgan fingerprint density at radius 2 is 1.96 bits per heavy atom. The lowest BCUT2D eigenvalue weighted by molar-refractivity contribution is -0.118. The number of amides is 2. The Labute approximate surface area is 162 Å². The fourth-order valence-corrected chi connectivity index (χ4v) is 3.47. The summed E-state index contributed by atoms with van der Waals surface area (Å²) >= 11 is 1.04. The molecule has 27 heavy (non-hydrogen) atoms. The Kier molecular flexibility index (Phi) is 6.18. The quantitative estimate of drug-likeness (QED) is 0.745. The van der Waals surface area contributed by atoms with Crippen molar-refractivity contribution in [3.8, 4) is 11.6 Å². The van der Waals surface area contributed by atoms with Crippen molar-refractivity contribution < 1.29 is 19.1 Å². The number of rotatable bonds is 8. The summed E-state index contributed by atoms with van der Waals surface area (Å²) in [5.41, 5.74) is 0.988. The van der Waals surface area contributed by atoms with Gasteiger partial charge >= 0.3 is 0 Å². The second kappa shape index (κ2) is 8.77. The Morgan fingerprint density at radius 3 is 2.63 bits per heavy atom. The Hall–Kier alpha value is -2.74. The number of thioether (sulfide) groups is 1. The van der Waals surface area contributed by atoms with Gasteiger partial charge < -0.3 is 14.4 Å². The minimum atomic E-state index is -0.353. The van der Waals surface area contributed by atoms with Gasteiger partial charge in [0.1, 0.15) is 18.2 Å². The van der Waals surface area contributed by atoms with E-state index in [9.17, 15) is 9.59 Å². The number of nitrogens with zero attached hydrogens (tertiary/aromatic N) is 2. The van der Waals surface area contributed by atoms with E-state index in [1.165, 1.54) is 0 Å². The highest BCUT2D eigenvalue weighted by Gasteiger charge is 2.31. The van der Waals surface area contributed by atoms with Crippen LogP contribution in [0.3, 0.4) is 0 Å². The number of hydrogen-bond acceptors (Lipinski definition) is 7. The molecule has 0 saturated carbocycles. The van der Waals surface area contributed by atoms with Gasteiger partial charge in [-0.15, -0.1) is 0 Å². The van der Waals surface area contributed by atoms with E-state index >= 15 is 0 Å². The van der Waals surface area contributed by atoms with Crippen LogP contribution in [0.4, 0.5) is 10.6 Å². The molecule has 2 amide bonds. The number of anilines is 1. The predicted octanol–water partition coefficient (Wildman–Crippen LogP) is 2.50. The molecule has 1 aliphatic heterocycles. The minimum absolute atomic E-state index is 0.223. The lowest BCUT2D eigenvalue weighted by Gasteiger charge is -2.18. The van der Waals surface area contributed by atoms with Crippen molar-refractivity contribution >= 4 is 28.7 Å². The number of hydrogen-bond donors (Lipinski definition) is 1. The van der Waals surface area contributed by atoms with Crippen LogP contribution in [0.1, 0.15) is 5.56 Å². The van der Waals surface area contributed by atoms with Crippen LogP contribution in [0, 0.1) is 0 Å². The maximum Gasteiger partial charge on any atom is 0.286 e. The third-order valence-electron chi connectivity index (χ3n) is 4.12. The number of likely N-dealkylation sites (N-methyl/N-ethyl adjacent to an activating group) is 1. The van der Waals surface area contributed by atoms with Crippen molar-refractivity contribution in [3.63, 3.8) is 0 Å². The molecule has 1 aromatic carbocycles. The predicted molar refractivity (Wildman–Crippen MR) is 105 cm³/mol. The summed E-state index contributed by atoms with van der Waals surface area (Å²) < 4.78 is 10.9. The first-order chi connectivity index (χ1) is 13.0. The van der Waals surface area contributed by atoms with E-state index in [1.807, 2.05) is 48.3 Å². The Bertz CT molecular complexity index is 813. The largest absolute Gasteiger partial charge is 0.492 e. The molecule has 142 valence electrons. The van der Waals surface area contributed by atoms with Gasteiger partial charge in [0, 0.05) is 13.1 Å². The summed E-state index contributed by atoms with van der Waals surface area (Å²) in [6, 6.07) is 13.2. The van der Waals surface area contributed by atoms with Gasteiger partial charge in [-0.3, -0.25) is 14.9 Å². The van der Waals surface area contributed by atoms with Crippen molar-refractivity contribution in [2.45, 2.75) is 11.7 Å². The highest BCUT2D eigenvalue weighted by Crippen LogP contribution is 2.24. The van der Waals surface area contributed by atoms with Crippen LogP contribution in [-0.4, -0.2) is 48.7 Å². The molecule has 0 radical (unpaired) electrons. The molecule has 2 aromatic rings. The van der Waals surface area contributed by atoms with Gasteiger partial charge in [-0.25, -0.2) is 0 Å². The molecule has 0 aliphatic carbocycles. The van der Waals surface area contributed by atoms with Crippen LogP contribution in [0.5, 0.6) is 11.6 Å². The molecule has 1 aliphatic rings. The number of benzene rings is 1. The molecule has 0 bridgehead atoms. The molecular formula is C19H21N3O4S. The maximum atomic E-state index is 11.6. The fraction of sp³-hybridized carbons (Fsp3) is 0.316. The lowest BCUT2D eigenvalue weighted by Crippen LogP contribution is -2.25. The second-order valence-corrected chi connectivity index (χ2v) is 7.21. The van der Waals surface area contributed by atoms with Crippen molar-refractivity contribution in [2.24, 2.45) is 0 Å². The van der Waals surface area contributed by atoms with Crippen molar-refractivity contribution in [1.82, 2.24) is 10.3 Å². The van der Waals surface area contributed by atoms with Crippen LogP contribution in [0.25, 0.3) is 0 Å². The lowest BCUT2D eigenvalue weighted by atomic mass is 10.1. The average Bonchev–Trinajstić information content (AvgIpc) is 3.00. The van der Waals surface area contributed by atoms with Crippen LogP contribution in [-0.2, 0) is 11.2 Å². The number of methoxy groups -OCH3 is 1. The summed E-state index contributed by atoms with van der Waals surface area (Å²) in [5, 5.41) is 1.67. The average molecular weight is 387 g/mol. The van der Waals surface area contributed by atoms with Gasteiger partial charge in [-0.05, 0) is 30.2 Å². The van der Waals surface area contributed by atoms with Crippen molar-refractivity contribution in [3.05, 3.63) is 48.0 Å². The smallest absolute Gasteiger partial charge is 0.286 e. The number of carbonyl (C=O) groups excluding carboxylic acids is 2. The summed E-state index contributed by atoms with van der Waals surface area (Å²) in [7, 11) is 3.54. The zero-order chi connectivity index (χ0) is 19.2. The summed E-state index contributed by atoms with van der Waals surface area (Å²) in [6.45, 7) is 1.17. The molecule has 8 heteroatoms. The molecule has 7 nitrogen and oxygen atoms in total. The van der Waals surface area contributed by atoms with Crippen molar-refractivity contribution in [1.29, 1.82) is 0 Å². The molecule has 2 heterocycles. The first kappa shape index (κ1) is 19.0. The normalized spacial score (nSPS) is 16.1. The molecule has 1 atom stereocenters. The first-order valence-electron chi connectivity index (χ1n) is 8.50. The van der Waals surface area contributed by atoms with Gasteiger partial charge in [0.2, 0.25) is 11.8 Å². The zero-order valence-corrected chi connectivity index (χ0v) is 16.0. The molecule has 1 saturated heterocycles. The minimum Gasteiger partial charge on any atom is -0.492 e. The number of ether oxygens (including phenoxy) is 2.